The number of amidine groups is 1. The smallest absolute Gasteiger partial charge is 0.349 e. The molecule has 11 nitrogen and oxygen atoms in total. The number of carboxylic acids is 1. The maximum atomic E-state index is 13.5. The van der Waals surface area contributed by atoms with Gasteiger partial charge in [0.05, 0.1) is 29.3 Å². The Morgan fingerprint density at radius 2 is 1.97 bits per heavy atom. The summed E-state index contributed by atoms with van der Waals surface area (Å²) in [6, 6.07) is 13.7. The van der Waals surface area contributed by atoms with Gasteiger partial charge in [0.1, 0.15) is 17.7 Å². The highest BCUT2D eigenvalue weighted by Crippen LogP contribution is 2.38. The molecule has 12 heteroatoms. The van der Waals surface area contributed by atoms with Gasteiger partial charge in [0, 0.05) is 11.1 Å². The minimum absolute atomic E-state index is 0.0312. The monoisotopic (exact) mass is 536 g/mol. The van der Waals surface area contributed by atoms with E-state index in [4.69, 9.17) is 15.9 Å². The van der Waals surface area contributed by atoms with E-state index in [-0.39, 0.29) is 18.5 Å². The van der Waals surface area contributed by atoms with Crippen LogP contribution in [0.1, 0.15) is 35.4 Å². The quantitative estimate of drug-likeness (QED) is 0.264. The summed E-state index contributed by atoms with van der Waals surface area (Å²) in [5, 5.41) is 25.3. The number of carboxylic acid groups (broad SMARTS) is 1. The minimum atomic E-state index is -4.38. The summed E-state index contributed by atoms with van der Waals surface area (Å²) >= 11 is 0. The van der Waals surface area contributed by atoms with E-state index in [0.717, 1.165) is 30.2 Å². The van der Waals surface area contributed by atoms with Gasteiger partial charge in [-0.05, 0) is 75.3 Å². The summed E-state index contributed by atoms with van der Waals surface area (Å²) in [5.74, 6) is -1.09. The van der Waals surface area contributed by atoms with Crippen molar-refractivity contribution in [2.75, 3.05) is 17.4 Å². The average Bonchev–Trinajstić information content (AvgIpc) is 3.26. The Kier molecular flexibility index (Phi) is 6.67. The van der Waals surface area contributed by atoms with E-state index in [2.05, 4.69) is 10.4 Å². The zero-order valence-corrected chi connectivity index (χ0v) is 21.5. The van der Waals surface area contributed by atoms with Crippen LogP contribution in [0.15, 0.2) is 53.4 Å². The van der Waals surface area contributed by atoms with Crippen molar-refractivity contribution in [3.63, 3.8) is 0 Å². The molecule has 0 unspecified atom stereocenters. The summed E-state index contributed by atoms with van der Waals surface area (Å²) in [6.45, 7) is 3.32. The second-order valence-corrected chi connectivity index (χ2v) is 11.1. The van der Waals surface area contributed by atoms with Gasteiger partial charge in [-0.2, -0.15) is 5.10 Å². The molecule has 1 saturated heterocycles. The van der Waals surface area contributed by atoms with Crippen molar-refractivity contribution in [2.24, 2.45) is 5.73 Å². The molecule has 2 aliphatic rings. The number of fused-ring (bicyclic) bond motifs is 1. The molecule has 0 bridgehead atoms. The summed E-state index contributed by atoms with van der Waals surface area (Å²) in [4.78, 5) is 11.3. The first-order valence-electron chi connectivity index (χ1n) is 12.1. The van der Waals surface area contributed by atoms with Gasteiger partial charge >= 0.3 is 5.97 Å². The van der Waals surface area contributed by atoms with E-state index < -0.39 is 20.9 Å². The van der Waals surface area contributed by atoms with Crippen LogP contribution in [0.3, 0.4) is 0 Å². The lowest BCUT2D eigenvalue weighted by Crippen LogP contribution is -2.37. The number of sulfonamides is 1. The van der Waals surface area contributed by atoms with Gasteiger partial charge in [0.2, 0.25) is 0 Å². The molecule has 2 aliphatic heterocycles. The first kappa shape index (κ1) is 25.5. The van der Waals surface area contributed by atoms with Crippen LogP contribution in [0.4, 0.5) is 5.69 Å². The Hall–Kier alpha value is -4.16. The van der Waals surface area contributed by atoms with Crippen LogP contribution in [0.2, 0.25) is 0 Å². The van der Waals surface area contributed by atoms with Crippen LogP contribution in [-0.2, 0) is 21.4 Å². The molecule has 1 aromatic heterocycles. The van der Waals surface area contributed by atoms with Crippen molar-refractivity contribution >= 4 is 33.6 Å². The largest absolute Gasteiger partial charge is 0.490 e. The van der Waals surface area contributed by atoms with Crippen molar-refractivity contribution < 1.29 is 23.1 Å². The molecule has 5 rings (SSSR count). The fourth-order valence-corrected chi connectivity index (χ4v) is 6.16. The molecule has 0 radical (unpaired) electrons. The van der Waals surface area contributed by atoms with Gasteiger partial charge in [-0.15, -0.1) is 0 Å². The van der Waals surface area contributed by atoms with Crippen LogP contribution < -0.4 is 20.1 Å². The highest BCUT2D eigenvalue weighted by molar-refractivity contribution is 7.97. The van der Waals surface area contributed by atoms with Gasteiger partial charge in [-0.3, -0.25) is 9.71 Å². The van der Waals surface area contributed by atoms with E-state index in [0.29, 0.717) is 39.6 Å². The van der Waals surface area contributed by atoms with Crippen molar-refractivity contribution in [1.29, 1.82) is 5.41 Å². The summed E-state index contributed by atoms with van der Waals surface area (Å²) in [6.07, 6.45) is 2.91. The third-order valence-corrected chi connectivity index (χ3v) is 8.29. The summed E-state index contributed by atoms with van der Waals surface area (Å²) in [5.41, 5.74) is 8.67. The molecule has 0 amide bonds. The molecule has 38 heavy (non-hydrogen) atoms. The number of rotatable bonds is 7. The van der Waals surface area contributed by atoms with Crippen LogP contribution >= 0.6 is 0 Å². The zero-order valence-electron chi connectivity index (χ0n) is 20.7. The number of piperidine rings is 1. The zero-order chi connectivity index (χ0) is 27.0. The maximum absolute atomic E-state index is 13.5. The number of ether oxygens (including phenoxy) is 1. The van der Waals surface area contributed by atoms with Gasteiger partial charge in [0.15, 0.2) is 4.91 Å². The number of anilines is 1. The Bertz CT molecular complexity index is 1560. The number of aliphatic carboxylic acids is 1. The Morgan fingerprint density at radius 1 is 1.21 bits per heavy atom. The molecule has 0 saturated carbocycles. The van der Waals surface area contributed by atoms with E-state index >= 15 is 0 Å². The third-order valence-electron chi connectivity index (χ3n) is 6.53. The number of aryl methyl sites for hydroxylation is 1. The number of nitrogens with zero attached hydrogens (tertiary/aromatic N) is 3. The Labute approximate surface area is 220 Å². The number of hydrogen-bond acceptors (Lipinski definition) is 7. The van der Waals surface area contributed by atoms with Crippen molar-refractivity contribution in [3.05, 3.63) is 76.0 Å². The number of nitrogens with one attached hydrogen (secondary N) is 2. The second-order valence-electron chi connectivity index (χ2n) is 9.27. The molecule has 198 valence electrons. The van der Waals surface area contributed by atoms with Crippen LogP contribution in [0, 0.1) is 12.3 Å². The first-order chi connectivity index (χ1) is 18.1. The lowest BCUT2D eigenvalue weighted by atomic mass is 10.1. The molecule has 0 spiro atoms. The number of nitrogens with two attached hydrogens (primary N) is 1. The molecule has 1 fully saturated rings. The van der Waals surface area contributed by atoms with Crippen LogP contribution in [-0.4, -0.2) is 54.3 Å². The summed E-state index contributed by atoms with van der Waals surface area (Å²) in [7, 11) is -4.38. The van der Waals surface area contributed by atoms with Gasteiger partial charge < -0.3 is 20.9 Å². The standard InChI is InChI=1S/C26H28N6O5S/c1-16-11-20(32(30-16)19-4-2-3-17(12-19)25(27)28)15-31-23-6-5-22(37-21-7-9-29-10-8-21)13-18(23)14-24(26(33)34)38(31,35)36/h2-6,11-14,21,29H,7-10,15H2,1H3,(H3,27,28)(H,33,34). The van der Waals surface area contributed by atoms with E-state index in [1.54, 1.807) is 60.1 Å². The third kappa shape index (κ3) is 4.87. The second kappa shape index (κ2) is 9.95. The molecule has 3 aromatic rings. The fraction of sp³-hybridized carbons (Fsp3) is 0.269. The first-order valence-corrected chi connectivity index (χ1v) is 13.6. The van der Waals surface area contributed by atoms with E-state index in [9.17, 15) is 18.3 Å². The molecule has 0 atom stereocenters. The van der Waals surface area contributed by atoms with Crippen molar-refractivity contribution in [1.82, 2.24) is 15.1 Å². The molecule has 3 heterocycles. The number of aromatic nitrogens is 2. The van der Waals surface area contributed by atoms with E-state index in [1.165, 1.54) is 6.08 Å². The normalized spacial score (nSPS) is 17.0. The average molecular weight is 537 g/mol. The molecule has 0 aliphatic carbocycles. The Balaban J connectivity index is 1.55. The lowest BCUT2D eigenvalue weighted by molar-refractivity contribution is -0.131. The Morgan fingerprint density at radius 3 is 2.68 bits per heavy atom. The van der Waals surface area contributed by atoms with Crippen molar-refractivity contribution in [3.8, 4) is 11.4 Å². The predicted molar refractivity (Wildman–Crippen MR) is 143 cm³/mol. The highest BCUT2D eigenvalue weighted by Gasteiger charge is 2.37. The topological polar surface area (TPSA) is 164 Å². The van der Waals surface area contributed by atoms with Gasteiger partial charge in [0.25, 0.3) is 10.0 Å². The maximum Gasteiger partial charge on any atom is 0.349 e. The molecular formula is C26H28N6O5S. The van der Waals surface area contributed by atoms with Gasteiger partial charge in [-0.1, -0.05) is 12.1 Å². The predicted octanol–water partition coefficient (Wildman–Crippen LogP) is 2.37. The number of hydrogen-bond donors (Lipinski definition) is 4. The molecular weight excluding hydrogens is 508 g/mol. The fourth-order valence-electron chi connectivity index (χ4n) is 4.70. The van der Waals surface area contributed by atoms with Crippen molar-refractivity contribution in [2.45, 2.75) is 32.4 Å². The molecule has 5 N–H and O–H groups in total. The highest BCUT2D eigenvalue weighted by atomic mass is 32.2. The van der Waals surface area contributed by atoms with E-state index in [1.807, 2.05) is 0 Å². The number of nitrogen functional groups attached to an aromatic ring is 1. The van der Waals surface area contributed by atoms with Crippen LogP contribution in [0.25, 0.3) is 11.8 Å². The SMILES string of the molecule is Cc1cc(CN2c3ccc(OC4CCNCC4)cc3C=C(C(=O)O)S2(=O)=O)n(-c2cccc(C(=N)N)c2)n1. The van der Waals surface area contributed by atoms with Crippen LogP contribution in [0.5, 0.6) is 5.75 Å². The molecule has 2 aromatic carbocycles. The lowest BCUT2D eigenvalue weighted by Gasteiger charge is -2.30. The summed E-state index contributed by atoms with van der Waals surface area (Å²) < 4.78 is 35.7. The minimum Gasteiger partial charge on any atom is -0.490 e. The number of carbonyl (C=O) groups is 1. The van der Waals surface area contributed by atoms with Gasteiger partial charge in [-0.25, -0.2) is 17.9 Å². The number of benzene rings is 2.